The summed E-state index contributed by atoms with van der Waals surface area (Å²) in [4.78, 5) is 0. The zero-order valence-electron chi connectivity index (χ0n) is 8.75. The fraction of sp³-hybridized carbons (Fsp3) is 0.455. The summed E-state index contributed by atoms with van der Waals surface area (Å²) in [5.74, 6) is 0. The van der Waals surface area contributed by atoms with Crippen molar-refractivity contribution >= 4 is 24.0 Å². The molecule has 1 heterocycles. The van der Waals surface area contributed by atoms with E-state index < -0.39 is 8.07 Å². The maximum absolute atomic E-state index is 5.78. The van der Waals surface area contributed by atoms with Gasteiger partial charge in [0, 0.05) is 4.47 Å². The van der Waals surface area contributed by atoms with E-state index in [-0.39, 0.29) is 0 Å². The molecule has 1 saturated heterocycles. The van der Waals surface area contributed by atoms with Crippen LogP contribution in [0.25, 0.3) is 0 Å². The number of ether oxygens (including phenoxy) is 1. The molecule has 0 amide bonds. The maximum atomic E-state index is 5.78. The SMILES string of the molecule is C[Si](C)(C)[C@H]1O[C@@H]1c1ccccc1Br. The molecule has 14 heavy (non-hydrogen) atoms. The lowest BCUT2D eigenvalue weighted by atomic mass is 10.2. The molecule has 0 spiro atoms. The van der Waals surface area contributed by atoms with Crippen molar-refractivity contribution in [3.05, 3.63) is 34.3 Å². The Balaban J connectivity index is 2.18. The highest BCUT2D eigenvalue weighted by Crippen LogP contribution is 2.46. The molecule has 1 aromatic rings. The van der Waals surface area contributed by atoms with Crippen LogP contribution in [0.1, 0.15) is 11.7 Å². The number of hydrogen-bond donors (Lipinski definition) is 0. The molecule has 0 aromatic heterocycles. The van der Waals surface area contributed by atoms with E-state index in [0.717, 1.165) is 0 Å². The fourth-order valence-corrected chi connectivity index (χ4v) is 3.87. The molecule has 0 aliphatic carbocycles. The fourth-order valence-electron chi connectivity index (χ4n) is 1.71. The monoisotopic (exact) mass is 270 g/mol. The van der Waals surface area contributed by atoms with Crippen molar-refractivity contribution < 1.29 is 4.74 Å². The third-order valence-electron chi connectivity index (χ3n) is 2.56. The van der Waals surface area contributed by atoms with Gasteiger partial charge in [0.05, 0.1) is 13.8 Å². The molecule has 1 aliphatic heterocycles. The molecule has 0 N–H and O–H groups in total. The molecule has 0 saturated carbocycles. The van der Waals surface area contributed by atoms with E-state index in [9.17, 15) is 0 Å². The number of rotatable bonds is 2. The minimum absolute atomic E-state index is 0.345. The van der Waals surface area contributed by atoms with Gasteiger partial charge in [-0.25, -0.2) is 0 Å². The first-order valence-electron chi connectivity index (χ1n) is 4.90. The molecule has 1 fully saturated rings. The summed E-state index contributed by atoms with van der Waals surface area (Å²) in [5.41, 5.74) is 1.81. The normalized spacial score (nSPS) is 26.3. The van der Waals surface area contributed by atoms with Gasteiger partial charge in [-0.05, 0) is 11.6 Å². The van der Waals surface area contributed by atoms with Gasteiger partial charge < -0.3 is 4.74 Å². The van der Waals surface area contributed by atoms with Crippen molar-refractivity contribution in [3.8, 4) is 0 Å². The van der Waals surface area contributed by atoms with Crippen molar-refractivity contribution in [2.45, 2.75) is 31.5 Å². The van der Waals surface area contributed by atoms with Crippen LogP contribution < -0.4 is 0 Å². The zero-order chi connectivity index (χ0) is 10.3. The third-order valence-corrected chi connectivity index (χ3v) is 5.42. The van der Waals surface area contributed by atoms with Crippen LogP contribution in [0.5, 0.6) is 0 Å². The van der Waals surface area contributed by atoms with Gasteiger partial charge in [0.2, 0.25) is 0 Å². The molecule has 1 aromatic carbocycles. The zero-order valence-corrected chi connectivity index (χ0v) is 11.3. The third kappa shape index (κ3) is 1.95. The molecule has 2 rings (SSSR count). The first kappa shape index (κ1) is 10.4. The van der Waals surface area contributed by atoms with Gasteiger partial charge >= 0.3 is 0 Å². The molecule has 3 heteroatoms. The van der Waals surface area contributed by atoms with E-state index >= 15 is 0 Å². The van der Waals surface area contributed by atoms with E-state index in [1.807, 2.05) is 6.07 Å². The quantitative estimate of drug-likeness (QED) is 0.589. The van der Waals surface area contributed by atoms with Crippen LogP contribution in [-0.2, 0) is 4.74 Å². The second-order valence-electron chi connectivity index (χ2n) is 4.86. The van der Waals surface area contributed by atoms with Gasteiger partial charge in [-0.1, -0.05) is 53.8 Å². The Labute approximate surface area is 94.6 Å². The standard InChI is InChI=1S/C11H15BrOSi/c1-14(2,3)11-10(13-11)8-6-4-5-7-9(8)12/h4-7,10-11H,1-3H3/t10-,11-/m1/s1. The molecule has 76 valence electrons. The van der Waals surface area contributed by atoms with Crippen molar-refractivity contribution in [2.75, 3.05) is 0 Å². The first-order valence-corrected chi connectivity index (χ1v) is 9.27. The summed E-state index contributed by atoms with van der Waals surface area (Å²) in [6, 6.07) is 8.34. The lowest BCUT2D eigenvalue weighted by Crippen LogP contribution is -2.29. The lowest BCUT2D eigenvalue weighted by Gasteiger charge is -2.11. The number of benzene rings is 1. The van der Waals surface area contributed by atoms with Crippen LogP contribution in [0.15, 0.2) is 28.7 Å². The van der Waals surface area contributed by atoms with E-state index in [1.54, 1.807) is 0 Å². The van der Waals surface area contributed by atoms with Gasteiger partial charge in [0.25, 0.3) is 0 Å². The minimum Gasteiger partial charge on any atom is -0.368 e. The second-order valence-corrected chi connectivity index (χ2v) is 11.0. The van der Waals surface area contributed by atoms with Crippen LogP contribution in [0, 0.1) is 0 Å². The smallest absolute Gasteiger partial charge is 0.107 e. The molecule has 1 nitrogen and oxygen atoms in total. The summed E-state index contributed by atoms with van der Waals surface area (Å²) < 4.78 is 6.95. The summed E-state index contributed by atoms with van der Waals surface area (Å²) in [6.07, 6.45) is 0.345. The molecular formula is C11H15BrOSi. The summed E-state index contributed by atoms with van der Waals surface area (Å²) in [6.45, 7) is 7.07. The molecule has 2 atom stereocenters. The van der Waals surface area contributed by atoms with Crippen LogP contribution in [0.4, 0.5) is 0 Å². The average Bonchev–Trinajstić information content (AvgIpc) is 2.83. The van der Waals surface area contributed by atoms with Crippen molar-refractivity contribution in [3.63, 3.8) is 0 Å². The summed E-state index contributed by atoms with van der Waals surface area (Å²) in [5, 5.41) is 0. The largest absolute Gasteiger partial charge is 0.368 e. The highest BCUT2D eigenvalue weighted by atomic mass is 79.9. The Bertz CT molecular complexity index is 345. The Morgan fingerprint density at radius 3 is 2.36 bits per heavy atom. The first-order chi connectivity index (χ1) is 6.50. The Hall–Kier alpha value is -0.123. The Morgan fingerprint density at radius 1 is 1.21 bits per heavy atom. The lowest BCUT2D eigenvalue weighted by molar-refractivity contribution is 0.400. The average molecular weight is 271 g/mol. The Morgan fingerprint density at radius 2 is 1.86 bits per heavy atom. The van der Waals surface area contributed by atoms with E-state index in [1.165, 1.54) is 10.0 Å². The predicted octanol–water partition coefficient (Wildman–Crippen LogP) is 3.77. The molecule has 1 aliphatic rings. The van der Waals surface area contributed by atoms with Crippen LogP contribution in [0.2, 0.25) is 19.6 Å². The maximum Gasteiger partial charge on any atom is 0.107 e. The highest BCUT2D eigenvalue weighted by molar-refractivity contribution is 9.10. The van der Waals surface area contributed by atoms with E-state index in [0.29, 0.717) is 11.8 Å². The number of epoxide rings is 1. The molecule has 0 bridgehead atoms. The van der Waals surface area contributed by atoms with Gasteiger partial charge in [-0.3, -0.25) is 0 Å². The van der Waals surface area contributed by atoms with Gasteiger partial charge in [0.15, 0.2) is 0 Å². The number of hydrogen-bond acceptors (Lipinski definition) is 1. The number of halogens is 1. The second kappa shape index (κ2) is 3.47. The van der Waals surface area contributed by atoms with Crippen LogP contribution in [0.3, 0.4) is 0 Å². The predicted molar refractivity (Wildman–Crippen MR) is 65.1 cm³/mol. The summed E-state index contributed by atoms with van der Waals surface area (Å²) in [7, 11) is -1.14. The van der Waals surface area contributed by atoms with Gasteiger partial charge in [-0.15, -0.1) is 0 Å². The highest BCUT2D eigenvalue weighted by Gasteiger charge is 2.49. The van der Waals surface area contributed by atoms with Crippen LogP contribution in [-0.4, -0.2) is 13.8 Å². The Kier molecular flexibility index (Phi) is 2.58. The van der Waals surface area contributed by atoms with Crippen molar-refractivity contribution in [1.82, 2.24) is 0 Å². The minimum atomic E-state index is -1.14. The van der Waals surface area contributed by atoms with Crippen molar-refractivity contribution in [2.24, 2.45) is 0 Å². The van der Waals surface area contributed by atoms with Crippen molar-refractivity contribution in [1.29, 1.82) is 0 Å². The van der Waals surface area contributed by atoms with Gasteiger partial charge in [-0.2, -0.15) is 0 Å². The van der Waals surface area contributed by atoms with Crippen LogP contribution >= 0.6 is 15.9 Å². The molecule has 0 radical (unpaired) electrons. The summed E-state index contributed by atoms with van der Waals surface area (Å²) >= 11 is 3.57. The topological polar surface area (TPSA) is 12.5 Å². The van der Waals surface area contributed by atoms with E-state index in [4.69, 9.17) is 4.74 Å². The molecule has 0 unspecified atom stereocenters. The van der Waals surface area contributed by atoms with E-state index in [2.05, 4.69) is 53.8 Å². The molecular weight excluding hydrogens is 256 g/mol. The van der Waals surface area contributed by atoms with Gasteiger partial charge in [0.1, 0.15) is 6.10 Å².